The van der Waals surface area contributed by atoms with Gasteiger partial charge in [0.1, 0.15) is 35.7 Å². The molecule has 408 valence electrons. The lowest BCUT2D eigenvalue weighted by atomic mass is 9.99. The van der Waals surface area contributed by atoms with Crippen LogP contribution in [0.5, 0.6) is 23.0 Å². The van der Waals surface area contributed by atoms with Crippen LogP contribution in [0.15, 0.2) is 238 Å². The number of hydrogen-bond donors (Lipinski definition) is 0. The lowest BCUT2D eigenvalue weighted by Crippen LogP contribution is -2.49. The van der Waals surface area contributed by atoms with Crippen LogP contribution < -0.4 is 18.9 Å². The van der Waals surface area contributed by atoms with Crippen LogP contribution in [0.3, 0.4) is 0 Å². The molecule has 0 aliphatic carbocycles. The van der Waals surface area contributed by atoms with E-state index in [1.54, 1.807) is 0 Å². The first-order chi connectivity index (χ1) is 39.4. The van der Waals surface area contributed by atoms with Crippen molar-refractivity contribution >= 4 is 45.8 Å². The number of hydrogen-bond acceptors (Lipinski definition) is 8. The first-order valence-electron chi connectivity index (χ1n) is 27.9. The first-order valence-corrected chi connectivity index (χ1v) is 27.9. The van der Waals surface area contributed by atoms with E-state index in [1.807, 2.05) is 232 Å². The fraction of sp³-hybridized carbons (Fsp3) is 0.233. The summed E-state index contributed by atoms with van der Waals surface area (Å²) in [7, 11) is 0. The Bertz CT molecular complexity index is 3530. The monoisotopic (exact) mass is 1070 g/mol. The molecule has 8 aromatic rings. The zero-order valence-corrected chi connectivity index (χ0v) is 48.0. The van der Waals surface area contributed by atoms with E-state index in [-0.39, 0.29) is 30.8 Å². The molecule has 0 aromatic heterocycles. The van der Waals surface area contributed by atoms with Crippen molar-refractivity contribution in [2.75, 3.05) is 6.61 Å². The summed E-state index contributed by atoms with van der Waals surface area (Å²) in [6.45, 7) is 18.5. The van der Waals surface area contributed by atoms with E-state index < -0.39 is 18.3 Å². The Morgan fingerprint density at radius 2 is 0.543 bits per heavy atom. The summed E-state index contributed by atoms with van der Waals surface area (Å²) in [6, 6.07) is 73.2. The molecule has 8 heteroatoms. The van der Waals surface area contributed by atoms with Crippen molar-refractivity contribution in [2.45, 2.75) is 105 Å². The fourth-order valence-electron chi connectivity index (χ4n) is 8.66. The number of rotatable bonds is 23. The molecular formula is C73H72N4O4. The molecule has 0 fully saturated rings. The minimum Gasteiger partial charge on any atom is -0.490 e. The minimum absolute atomic E-state index is 0.0769. The number of ether oxygens (including phenoxy) is 4. The number of benzene rings is 8. The topological polar surface area (TPSA) is 86.4 Å². The number of aliphatic imine (C=N–C) groups is 4. The van der Waals surface area contributed by atoms with Gasteiger partial charge in [-0.05, 0) is 227 Å². The molecule has 0 amide bonds. The highest BCUT2D eigenvalue weighted by atomic mass is 16.6. The second-order valence-electron chi connectivity index (χ2n) is 20.8. The average molecular weight is 1070 g/mol. The second-order valence-corrected chi connectivity index (χ2v) is 20.8. The fourth-order valence-corrected chi connectivity index (χ4v) is 8.66. The second kappa shape index (κ2) is 29.1. The van der Waals surface area contributed by atoms with Crippen LogP contribution in [-0.2, 0) is 0 Å². The van der Waals surface area contributed by atoms with Crippen LogP contribution in [0, 0.1) is 0 Å². The van der Waals surface area contributed by atoms with Crippen LogP contribution in [0.4, 0.5) is 0 Å². The van der Waals surface area contributed by atoms with Gasteiger partial charge in [0.2, 0.25) is 0 Å². The molecule has 0 N–H and O–H groups in total. The molecule has 0 saturated carbocycles. The molecule has 8 aromatic carbocycles. The van der Waals surface area contributed by atoms with E-state index in [0.29, 0.717) is 23.0 Å². The summed E-state index contributed by atoms with van der Waals surface area (Å²) in [5.41, 5.74) is 11.5. The molecule has 0 heterocycles. The maximum atomic E-state index is 7.15. The number of nitrogens with zero attached hydrogens (tertiary/aromatic N) is 4. The van der Waals surface area contributed by atoms with E-state index in [9.17, 15) is 0 Å². The molecular weight excluding hydrogens is 997 g/mol. The molecule has 8 rings (SSSR count). The van der Waals surface area contributed by atoms with Gasteiger partial charge in [0.15, 0.2) is 12.2 Å². The van der Waals surface area contributed by atoms with Gasteiger partial charge in [0.05, 0.1) is 46.5 Å². The van der Waals surface area contributed by atoms with Crippen molar-refractivity contribution < 1.29 is 18.9 Å². The van der Waals surface area contributed by atoms with Gasteiger partial charge in [-0.3, -0.25) is 0 Å². The van der Waals surface area contributed by atoms with Crippen molar-refractivity contribution in [1.29, 1.82) is 0 Å². The van der Waals surface area contributed by atoms with Gasteiger partial charge in [-0.15, -0.1) is 0 Å². The van der Waals surface area contributed by atoms with Crippen molar-refractivity contribution in [3.05, 3.63) is 263 Å². The molecule has 81 heavy (non-hydrogen) atoms. The normalized spacial score (nSPS) is 11.9. The maximum Gasteiger partial charge on any atom is 0.175 e. The average Bonchev–Trinajstić information content (AvgIpc) is 3.48. The van der Waals surface area contributed by atoms with Crippen molar-refractivity contribution in [2.24, 2.45) is 20.0 Å². The standard InChI is InChI=1S/C73H72N4O4/c1-51(2)74-46-68(56-22-14-10-15-23-56)60-30-38-64(39-31-60)78-50-72(80-66-42-34-62(35-43-66)70(48-76-53(5)6)58-26-18-12-19-27-58)73(81-67-44-36-63(37-45-67)71(49-77-54(7)8)59-28-20-13-21-29-59)55(9)79-65-40-32-61(33-41-65)69(47-75-52(3)4)57-24-16-11-17-25-57/h10-45,51-55,72-73H,50H2,1-9H3. The highest BCUT2D eigenvalue weighted by Gasteiger charge is 2.34. The summed E-state index contributed by atoms with van der Waals surface area (Å²) >= 11 is 0. The third kappa shape index (κ3) is 17.1. The van der Waals surface area contributed by atoms with E-state index in [2.05, 4.69) is 92.0 Å². The predicted octanol–water partition coefficient (Wildman–Crippen LogP) is 16.5. The highest BCUT2D eigenvalue weighted by Crippen LogP contribution is 2.31. The van der Waals surface area contributed by atoms with Crippen LogP contribution in [-0.4, -0.2) is 72.6 Å². The Balaban J connectivity index is 1.18. The summed E-state index contributed by atoms with van der Waals surface area (Å²) in [5, 5.41) is 0. The lowest BCUT2D eigenvalue weighted by Gasteiger charge is -2.33. The minimum atomic E-state index is -0.739. The predicted molar refractivity (Wildman–Crippen MR) is 336 cm³/mol. The molecule has 0 saturated heterocycles. The highest BCUT2D eigenvalue weighted by molar-refractivity contribution is 6.01. The zero-order valence-electron chi connectivity index (χ0n) is 48.0. The van der Waals surface area contributed by atoms with Gasteiger partial charge in [-0.25, -0.2) is 20.0 Å². The first kappa shape index (κ1) is 57.9. The third-order valence-electron chi connectivity index (χ3n) is 12.7. The molecule has 8 nitrogen and oxygen atoms in total. The SMILES string of the molecule is CC(C)N=C=C(c1ccccc1)c1ccc(OCC(Oc2ccc(C(=C=NC(C)C)c3ccccc3)cc2)C(Oc2ccc(C(=C=NC(C)C)c3ccccc3)cc2)C(C)Oc2ccc(C(=C=NC(C)C)c3ccccc3)cc2)cc1. The summed E-state index contributed by atoms with van der Waals surface area (Å²) in [6.07, 6.45) is -2.06. The third-order valence-corrected chi connectivity index (χ3v) is 12.7. The Hall–Kier alpha value is -9.24. The van der Waals surface area contributed by atoms with Gasteiger partial charge in [-0.1, -0.05) is 121 Å². The van der Waals surface area contributed by atoms with Crippen molar-refractivity contribution in [3.8, 4) is 23.0 Å². The van der Waals surface area contributed by atoms with Gasteiger partial charge in [0, 0.05) is 0 Å². The van der Waals surface area contributed by atoms with E-state index in [0.717, 1.165) is 66.8 Å². The lowest BCUT2D eigenvalue weighted by molar-refractivity contribution is -0.0321. The van der Waals surface area contributed by atoms with Crippen LogP contribution in [0.1, 0.15) is 107 Å². The van der Waals surface area contributed by atoms with E-state index in [4.69, 9.17) is 18.9 Å². The molecule has 0 aliphatic rings. The smallest absolute Gasteiger partial charge is 0.175 e. The Kier molecular flexibility index (Phi) is 20.8. The van der Waals surface area contributed by atoms with Crippen LogP contribution in [0.25, 0.3) is 22.3 Å². The molecule has 0 bridgehead atoms. The summed E-state index contributed by atoms with van der Waals surface area (Å²) in [5.74, 6) is 15.9. The quantitative estimate of drug-likeness (QED) is 0.0597. The Morgan fingerprint density at radius 3 is 0.827 bits per heavy atom. The van der Waals surface area contributed by atoms with E-state index in [1.165, 1.54) is 0 Å². The van der Waals surface area contributed by atoms with Gasteiger partial charge >= 0.3 is 0 Å². The molecule has 0 radical (unpaired) electrons. The summed E-state index contributed by atoms with van der Waals surface area (Å²) < 4.78 is 27.9. The van der Waals surface area contributed by atoms with Gasteiger partial charge < -0.3 is 18.9 Å². The van der Waals surface area contributed by atoms with Crippen molar-refractivity contribution in [1.82, 2.24) is 0 Å². The van der Waals surface area contributed by atoms with Gasteiger partial charge in [-0.2, -0.15) is 0 Å². The molecule has 3 atom stereocenters. The van der Waals surface area contributed by atoms with Gasteiger partial charge in [0.25, 0.3) is 0 Å². The van der Waals surface area contributed by atoms with E-state index >= 15 is 0 Å². The van der Waals surface area contributed by atoms with Crippen LogP contribution >= 0.6 is 0 Å². The van der Waals surface area contributed by atoms with Crippen LogP contribution in [0.2, 0.25) is 0 Å². The molecule has 0 aliphatic heterocycles. The Labute approximate surface area is 479 Å². The Morgan fingerprint density at radius 1 is 0.296 bits per heavy atom. The zero-order chi connectivity index (χ0) is 56.9. The summed E-state index contributed by atoms with van der Waals surface area (Å²) in [4.78, 5) is 18.6. The maximum absolute atomic E-state index is 7.15. The molecule has 3 unspecified atom stereocenters. The van der Waals surface area contributed by atoms with Crippen molar-refractivity contribution in [3.63, 3.8) is 0 Å². The molecule has 0 spiro atoms. The largest absolute Gasteiger partial charge is 0.490 e.